The third kappa shape index (κ3) is 6.68. The third-order valence-electron chi connectivity index (χ3n) is 5.75. The molecule has 10 heteroatoms. The average molecular weight is 562 g/mol. The predicted molar refractivity (Wildman–Crippen MR) is 152 cm³/mol. The van der Waals surface area contributed by atoms with Crippen molar-refractivity contribution in [2.45, 2.75) is 33.3 Å². The van der Waals surface area contributed by atoms with Gasteiger partial charge in [-0.25, -0.2) is 9.69 Å². The van der Waals surface area contributed by atoms with Gasteiger partial charge in [0.25, 0.3) is 11.8 Å². The molecule has 0 atom stereocenters. The van der Waals surface area contributed by atoms with Crippen molar-refractivity contribution in [3.8, 4) is 5.75 Å². The number of rotatable bonds is 10. The van der Waals surface area contributed by atoms with Crippen LogP contribution in [0.2, 0.25) is 0 Å². The zero-order valence-corrected chi connectivity index (χ0v) is 23.0. The Balaban J connectivity index is 1.37. The Morgan fingerprint density at radius 2 is 1.62 bits per heavy atom. The maximum atomic E-state index is 13.0. The number of benzene rings is 3. The summed E-state index contributed by atoms with van der Waals surface area (Å²) in [7, 11) is 0. The van der Waals surface area contributed by atoms with Gasteiger partial charge in [0.15, 0.2) is 0 Å². The number of imide groups is 1. The van der Waals surface area contributed by atoms with Crippen LogP contribution in [0.15, 0.2) is 83.5 Å². The summed E-state index contributed by atoms with van der Waals surface area (Å²) >= 11 is 6.23. The van der Waals surface area contributed by atoms with Crippen LogP contribution in [0.5, 0.6) is 5.75 Å². The first-order valence-electron chi connectivity index (χ1n) is 12.6. The minimum absolute atomic E-state index is 0.0399. The molecule has 4 rings (SSSR count). The van der Waals surface area contributed by atoms with Gasteiger partial charge in [-0.05, 0) is 80.9 Å². The van der Waals surface area contributed by atoms with Crippen LogP contribution in [-0.2, 0) is 25.5 Å². The molecular weight excluding hydrogens is 534 g/mol. The first kappa shape index (κ1) is 28.4. The number of hydrogen-bond donors (Lipinski definition) is 2. The number of esters is 1. The highest BCUT2D eigenvalue weighted by molar-refractivity contribution is 6.53. The van der Waals surface area contributed by atoms with Crippen LogP contribution in [0.25, 0.3) is 0 Å². The first-order valence-corrected chi connectivity index (χ1v) is 13.0. The largest absolute Gasteiger partial charge is 0.494 e. The molecule has 3 amide bonds. The fourth-order valence-electron chi connectivity index (χ4n) is 3.95. The van der Waals surface area contributed by atoms with E-state index in [0.717, 1.165) is 4.90 Å². The van der Waals surface area contributed by atoms with E-state index in [-0.39, 0.29) is 29.2 Å². The maximum absolute atomic E-state index is 13.0. The molecule has 206 valence electrons. The highest BCUT2D eigenvalue weighted by atomic mass is 35.5. The van der Waals surface area contributed by atoms with Crippen molar-refractivity contribution in [2.75, 3.05) is 22.1 Å². The van der Waals surface area contributed by atoms with Gasteiger partial charge in [0.1, 0.15) is 16.5 Å². The second-order valence-corrected chi connectivity index (χ2v) is 9.52. The second kappa shape index (κ2) is 12.5. The van der Waals surface area contributed by atoms with Gasteiger partial charge < -0.3 is 20.1 Å². The first-order chi connectivity index (χ1) is 19.2. The lowest BCUT2D eigenvalue weighted by Gasteiger charge is -2.15. The maximum Gasteiger partial charge on any atom is 0.338 e. The van der Waals surface area contributed by atoms with Crippen molar-refractivity contribution in [1.82, 2.24) is 0 Å². The average Bonchev–Trinajstić information content (AvgIpc) is 3.13. The lowest BCUT2D eigenvalue weighted by atomic mass is 10.1. The van der Waals surface area contributed by atoms with Crippen molar-refractivity contribution >= 4 is 52.4 Å². The Kier molecular flexibility index (Phi) is 8.86. The van der Waals surface area contributed by atoms with Crippen LogP contribution in [0.3, 0.4) is 0 Å². The summed E-state index contributed by atoms with van der Waals surface area (Å²) in [6, 6.07) is 19.9. The second-order valence-electron chi connectivity index (χ2n) is 9.14. The summed E-state index contributed by atoms with van der Waals surface area (Å²) in [4.78, 5) is 51.5. The van der Waals surface area contributed by atoms with Crippen LogP contribution < -0.4 is 20.3 Å². The minimum atomic E-state index is -0.631. The summed E-state index contributed by atoms with van der Waals surface area (Å²) in [5, 5.41) is 5.48. The molecule has 0 saturated carbocycles. The quantitative estimate of drug-likeness (QED) is 0.256. The standard InChI is InChI=1S/C30H28ClN3O6/c1-4-39-24-14-12-23(13-15-24)34-28(36)26(31)27(29(34)37)33-21-10-8-19(9-11-21)16-25(35)32-22-7-5-6-20(17-22)30(38)40-18(2)3/h5-15,17-18,33H,4,16H2,1-3H3,(H,32,35). The molecule has 0 saturated heterocycles. The molecule has 3 aromatic carbocycles. The van der Waals surface area contributed by atoms with E-state index < -0.39 is 17.8 Å². The van der Waals surface area contributed by atoms with E-state index in [4.69, 9.17) is 21.1 Å². The van der Waals surface area contributed by atoms with E-state index in [2.05, 4.69) is 10.6 Å². The smallest absolute Gasteiger partial charge is 0.338 e. The SMILES string of the molecule is CCOc1ccc(N2C(=O)C(Cl)=C(Nc3ccc(CC(=O)Nc4cccc(C(=O)OC(C)C)c4)cc3)C2=O)cc1. The normalized spacial score (nSPS) is 13.1. The van der Waals surface area contributed by atoms with E-state index in [1.54, 1.807) is 86.6 Å². The van der Waals surface area contributed by atoms with Crippen LogP contribution in [0.4, 0.5) is 17.1 Å². The Labute approximate surface area is 236 Å². The molecule has 0 aliphatic carbocycles. The molecule has 0 unspecified atom stereocenters. The lowest BCUT2D eigenvalue weighted by molar-refractivity contribution is -0.120. The Hall–Kier alpha value is -4.63. The van der Waals surface area contributed by atoms with Crippen molar-refractivity contribution in [2.24, 2.45) is 0 Å². The molecule has 0 fully saturated rings. The van der Waals surface area contributed by atoms with Crippen molar-refractivity contribution in [3.05, 3.63) is 94.7 Å². The number of carbonyl (C=O) groups excluding carboxylic acids is 4. The van der Waals surface area contributed by atoms with Crippen LogP contribution in [-0.4, -0.2) is 36.4 Å². The monoisotopic (exact) mass is 561 g/mol. The number of amides is 3. The highest BCUT2D eigenvalue weighted by Crippen LogP contribution is 2.31. The molecule has 0 bridgehead atoms. The van der Waals surface area contributed by atoms with Gasteiger partial charge in [-0.15, -0.1) is 0 Å². The van der Waals surface area contributed by atoms with E-state index in [0.29, 0.717) is 40.5 Å². The Bertz CT molecular complexity index is 1470. The minimum Gasteiger partial charge on any atom is -0.494 e. The lowest BCUT2D eigenvalue weighted by Crippen LogP contribution is -2.32. The number of halogens is 1. The molecule has 1 aliphatic rings. The summed E-state index contributed by atoms with van der Waals surface area (Å²) in [6.07, 6.45) is -0.173. The molecular formula is C30H28ClN3O6. The molecule has 1 aliphatic heterocycles. The molecule has 0 radical (unpaired) electrons. The topological polar surface area (TPSA) is 114 Å². The number of nitrogens with one attached hydrogen (secondary N) is 2. The number of ether oxygens (including phenoxy) is 2. The van der Waals surface area contributed by atoms with Crippen molar-refractivity contribution in [3.63, 3.8) is 0 Å². The molecule has 2 N–H and O–H groups in total. The predicted octanol–water partition coefficient (Wildman–Crippen LogP) is 5.27. The molecule has 9 nitrogen and oxygen atoms in total. The number of hydrogen-bond acceptors (Lipinski definition) is 7. The fourth-order valence-corrected chi connectivity index (χ4v) is 4.16. The highest BCUT2D eigenvalue weighted by Gasteiger charge is 2.39. The van der Waals surface area contributed by atoms with Crippen LogP contribution >= 0.6 is 11.6 Å². The van der Waals surface area contributed by atoms with Gasteiger partial charge in [0.05, 0.1) is 30.4 Å². The zero-order valence-electron chi connectivity index (χ0n) is 22.2. The van der Waals surface area contributed by atoms with Gasteiger partial charge in [0.2, 0.25) is 5.91 Å². The fraction of sp³-hybridized carbons (Fsp3) is 0.200. The molecule has 0 aromatic heterocycles. The Morgan fingerprint density at radius 1 is 0.925 bits per heavy atom. The van der Waals surface area contributed by atoms with Gasteiger partial charge in [-0.2, -0.15) is 0 Å². The van der Waals surface area contributed by atoms with Gasteiger partial charge in [-0.1, -0.05) is 29.8 Å². The zero-order chi connectivity index (χ0) is 28.8. The number of nitrogens with zero attached hydrogens (tertiary/aromatic N) is 1. The summed E-state index contributed by atoms with van der Waals surface area (Å²) < 4.78 is 10.6. The van der Waals surface area contributed by atoms with E-state index in [1.807, 2.05) is 6.92 Å². The van der Waals surface area contributed by atoms with E-state index in [1.165, 1.54) is 0 Å². The van der Waals surface area contributed by atoms with E-state index in [9.17, 15) is 19.2 Å². The van der Waals surface area contributed by atoms with Crippen molar-refractivity contribution < 1.29 is 28.7 Å². The number of carbonyl (C=O) groups is 4. The third-order valence-corrected chi connectivity index (χ3v) is 6.10. The molecule has 1 heterocycles. The summed E-state index contributed by atoms with van der Waals surface area (Å²) in [5.74, 6) is -1.33. The van der Waals surface area contributed by atoms with Gasteiger partial charge >= 0.3 is 5.97 Å². The molecule has 0 spiro atoms. The number of anilines is 3. The van der Waals surface area contributed by atoms with Gasteiger partial charge in [0, 0.05) is 11.4 Å². The Morgan fingerprint density at radius 3 is 2.27 bits per heavy atom. The summed E-state index contributed by atoms with van der Waals surface area (Å²) in [5.41, 5.74) is 2.38. The van der Waals surface area contributed by atoms with E-state index >= 15 is 0 Å². The summed E-state index contributed by atoms with van der Waals surface area (Å²) in [6.45, 7) is 5.88. The van der Waals surface area contributed by atoms with Crippen molar-refractivity contribution in [1.29, 1.82) is 0 Å². The van der Waals surface area contributed by atoms with Gasteiger partial charge in [-0.3, -0.25) is 14.4 Å². The molecule has 3 aromatic rings. The van der Waals surface area contributed by atoms with Crippen LogP contribution in [0, 0.1) is 0 Å². The molecule has 40 heavy (non-hydrogen) atoms. The van der Waals surface area contributed by atoms with Crippen LogP contribution in [0.1, 0.15) is 36.7 Å².